The molecular formula is C13H10O4. The highest BCUT2D eigenvalue weighted by molar-refractivity contribution is 5.97. The van der Waals surface area contributed by atoms with E-state index in [1.165, 1.54) is 12.1 Å². The Labute approximate surface area is 97.4 Å². The Morgan fingerprint density at radius 3 is 2.24 bits per heavy atom. The molecule has 0 aliphatic heterocycles. The third kappa shape index (κ3) is 1.92. The fourth-order valence-electron chi connectivity index (χ4n) is 1.65. The highest BCUT2D eigenvalue weighted by atomic mass is 16.4. The van der Waals surface area contributed by atoms with Gasteiger partial charge in [0.25, 0.3) is 0 Å². The number of phenolic OH excluding ortho intramolecular Hbond substituents is 2. The molecule has 17 heavy (non-hydrogen) atoms. The van der Waals surface area contributed by atoms with Gasteiger partial charge in [-0.15, -0.1) is 0 Å². The molecule has 0 amide bonds. The van der Waals surface area contributed by atoms with Gasteiger partial charge < -0.3 is 15.3 Å². The van der Waals surface area contributed by atoms with Crippen molar-refractivity contribution in [1.29, 1.82) is 0 Å². The van der Waals surface area contributed by atoms with Gasteiger partial charge in [0.15, 0.2) is 11.5 Å². The lowest BCUT2D eigenvalue weighted by Crippen LogP contribution is -1.99. The SMILES string of the molecule is O=C(O)c1ccccc1-c1cccc(O)c1O. The number of benzene rings is 2. The standard InChI is InChI=1S/C13H10O4/c14-11-7-3-6-9(12(11)15)8-4-1-2-5-10(8)13(16)17/h1-7,14-15H,(H,16,17). The largest absolute Gasteiger partial charge is 0.504 e. The van der Waals surface area contributed by atoms with Crippen LogP contribution in [0.15, 0.2) is 42.5 Å². The van der Waals surface area contributed by atoms with Crippen molar-refractivity contribution in [1.82, 2.24) is 0 Å². The van der Waals surface area contributed by atoms with Crippen LogP contribution in [0.25, 0.3) is 11.1 Å². The number of hydrogen-bond acceptors (Lipinski definition) is 3. The number of aromatic carboxylic acids is 1. The summed E-state index contributed by atoms with van der Waals surface area (Å²) in [7, 11) is 0. The molecule has 0 spiro atoms. The first-order valence-electron chi connectivity index (χ1n) is 4.95. The third-order valence-electron chi connectivity index (χ3n) is 2.46. The zero-order chi connectivity index (χ0) is 12.4. The maximum atomic E-state index is 11.0. The molecule has 0 heterocycles. The van der Waals surface area contributed by atoms with Crippen molar-refractivity contribution in [3.8, 4) is 22.6 Å². The smallest absolute Gasteiger partial charge is 0.336 e. The van der Waals surface area contributed by atoms with E-state index >= 15 is 0 Å². The molecule has 0 aliphatic rings. The van der Waals surface area contributed by atoms with Gasteiger partial charge in [-0.2, -0.15) is 0 Å². The van der Waals surface area contributed by atoms with E-state index in [2.05, 4.69) is 0 Å². The molecule has 0 radical (unpaired) electrons. The fraction of sp³-hybridized carbons (Fsp3) is 0. The Balaban J connectivity index is 2.69. The molecule has 4 heteroatoms. The Hall–Kier alpha value is -2.49. The van der Waals surface area contributed by atoms with Crippen molar-refractivity contribution < 1.29 is 20.1 Å². The summed E-state index contributed by atoms with van der Waals surface area (Å²) in [6.07, 6.45) is 0. The van der Waals surface area contributed by atoms with Crippen LogP contribution in [0.3, 0.4) is 0 Å². The van der Waals surface area contributed by atoms with Crippen LogP contribution in [0.5, 0.6) is 11.5 Å². The molecule has 0 fully saturated rings. The summed E-state index contributed by atoms with van der Waals surface area (Å²) in [6, 6.07) is 10.7. The number of rotatable bonds is 2. The molecule has 0 bridgehead atoms. The first kappa shape index (κ1) is 11.0. The maximum absolute atomic E-state index is 11.0. The van der Waals surface area contributed by atoms with E-state index in [4.69, 9.17) is 5.11 Å². The van der Waals surface area contributed by atoms with Crippen LogP contribution in [-0.2, 0) is 0 Å². The van der Waals surface area contributed by atoms with E-state index in [-0.39, 0.29) is 17.1 Å². The van der Waals surface area contributed by atoms with Crippen LogP contribution in [0.1, 0.15) is 10.4 Å². The van der Waals surface area contributed by atoms with Gasteiger partial charge >= 0.3 is 5.97 Å². The number of carboxylic acid groups (broad SMARTS) is 1. The minimum absolute atomic E-state index is 0.0772. The summed E-state index contributed by atoms with van der Waals surface area (Å²) in [5.74, 6) is -1.67. The lowest BCUT2D eigenvalue weighted by molar-refractivity contribution is 0.0697. The topological polar surface area (TPSA) is 77.8 Å². The summed E-state index contributed by atoms with van der Waals surface area (Å²) in [5, 5.41) is 28.2. The van der Waals surface area contributed by atoms with Gasteiger partial charge in [-0.3, -0.25) is 0 Å². The van der Waals surface area contributed by atoms with Gasteiger partial charge in [0.2, 0.25) is 0 Å². The van der Waals surface area contributed by atoms with Crippen molar-refractivity contribution in [3.63, 3.8) is 0 Å². The molecule has 2 rings (SSSR count). The van der Waals surface area contributed by atoms with E-state index in [0.717, 1.165) is 0 Å². The number of para-hydroxylation sites is 1. The van der Waals surface area contributed by atoms with E-state index in [1.807, 2.05) is 0 Å². The molecule has 0 saturated heterocycles. The lowest BCUT2D eigenvalue weighted by Gasteiger charge is -2.08. The van der Waals surface area contributed by atoms with Crippen molar-refractivity contribution in [3.05, 3.63) is 48.0 Å². The van der Waals surface area contributed by atoms with Crippen LogP contribution < -0.4 is 0 Å². The van der Waals surface area contributed by atoms with Gasteiger partial charge in [0, 0.05) is 11.1 Å². The predicted molar refractivity (Wildman–Crippen MR) is 62.2 cm³/mol. The zero-order valence-corrected chi connectivity index (χ0v) is 8.79. The van der Waals surface area contributed by atoms with Gasteiger partial charge in [0.1, 0.15) is 0 Å². The third-order valence-corrected chi connectivity index (χ3v) is 2.46. The fourth-order valence-corrected chi connectivity index (χ4v) is 1.65. The molecular weight excluding hydrogens is 220 g/mol. The average Bonchev–Trinajstić information content (AvgIpc) is 2.33. The number of carboxylic acids is 1. The normalized spacial score (nSPS) is 10.1. The molecule has 0 unspecified atom stereocenters. The van der Waals surface area contributed by atoms with Crippen LogP contribution in [0, 0.1) is 0 Å². The summed E-state index contributed by atoms with van der Waals surface area (Å²) in [6.45, 7) is 0. The first-order valence-corrected chi connectivity index (χ1v) is 4.95. The van der Waals surface area contributed by atoms with Crippen LogP contribution in [0.2, 0.25) is 0 Å². The quantitative estimate of drug-likeness (QED) is 0.692. The second-order valence-electron chi connectivity index (χ2n) is 3.52. The summed E-state index contributed by atoms with van der Waals surface area (Å²) >= 11 is 0. The number of hydrogen-bond donors (Lipinski definition) is 3. The van der Waals surface area contributed by atoms with Crippen LogP contribution in [-0.4, -0.2) is 21.3 Å². The second kappa shape index (κ2) is 4.17. The Morgan fingerprint density at radius 1 is 0.882 bits per heavy atom. The van der Waals surface area contributed by atoms with Gasteiger partial charge in [-0.1, -0.05) is 30.3 Å². The van der Waals surface area contributed by atoms with Crippen molar-refractivity contribution in [2.75, 3.05) is 0 Å². The monoisotopic (exact) mass is 230 g/mol. The van der Waals surface area contributed by atoms with Gasteiger partial charge in [-0.05, 0) is 12.1 Å². The minimum atomic E-state index is -1.08. The van der Waals surface area contributed by atoms with E-state index in [1.54, 1.807) is 30.3 Å². The summed E-state index contributed by atoms with van der Waals surface area (Å²) in [5.41, 5.74) is 0.741. The lowest BCUT2D eigenvalue weighted by atomic mass is 9.98. The van der Waals surface area contributed by atoms with Crippen LogP contribution >= 0.6 is 0 Å². The van der Waals surface area contributed by atoms with Gasteiger partial charge in [0.05, 0.1) is 5.56 Å². The van der Waals surface area contributed by atoms with Gasteiger partial charge in [-0.25, -0.2) is 4.79 Å². The number of carbonyl (C=O) groups is 1. The number of aromatic hydroxyl groups is 2. The molecule has 4 nitrogen and oxygen atoms in total. The van der Waals surface area contributed by atoms with E-state index in [0.29, 0.717) is 11.1 Å². The summed E-state index contributed by atoms with van der Waals surface area (Å²) in [4.78, 5) is 11.0. The second-order valence-corrected chi connectivity index (χ2v) is 3.52. The van der Waals surface area contributed by atoms with Crippen molar-refractivity contribution >= 4 is 5.97 Å². The highest BCUT2D eigenvalue weighted by Crippen LogP contribution is 2.37. The predicted octanol–water partition coefficient (Wildman–Crippen LogP) is 2.46. The molecule has 0 aliphatic carbocycles. The molecule has 0 atom stereocenters. The minimum Gasteiger partial charge on any atom is -0.504 e. The maximum Gasteiger partial charge on any atom is 0.336 e. The Bertz CT molecular complexity index is 575. The van der Waals surface area contributed by atoms with E-state index < -0.39 is 5.97 Å². The Kier molecular flexibility index (Phi) is 2.70. The van der Waals surface area contributed by atoms with E-state index in [9.17, 15) is 15.0 Å². The molecule has 86 valence electrons. The van der Waals surface area contributed by atoms with Crippen molar-refractivity contribution in [2.24, 2.45) is 0 Å². The average molecular weight is 230 g/mol. The van der Waals surface area contributed by atoms with Crippen LogP contribution in [0.4, 0.5) is 0 Å². The molecule has 2 aromatic carbocycles. The molecule has 2 aromatic rings. The first-order chi connectivity index (χ1) is 8.11. The number of phenols is 2. The van der Waals surface area contributed by atoms with Crippen molar-refractivity contribution in [2.45, 2.75) is 0 Å². The molecule has 0 aromatic heterocycles. The molecule has 3 N–H and O–H groups in total. The zero-order valence-electron chi connectivity index (χ0n) is 8.79. The Morgan fingerprint density at radius 2 is 1.53 bits per heavy atom. The molecule has 0 saturated carbocycles. The summed E-state index contributed by atoms with van der Waals surface area (Å²) < 4.78 is 0. The highest BCUT2D eigenvalue weighted by Gasteiger charge is 2.15.